The molecule has 0 saturated carbocycles. The van der Waals surface area contributed by atoms with Gasteiger partial charge in [-0.25, -0.2) is 13.2 Å². The van der Waals surface area contributed by atoms with Crippen molar-refractivity contribution in [1.82, 2.24) is 10.6 Å². The number of carbonyl (C=O) groups is 1. The summed E-state index contributed by atoms with van der Waals surface area (Å²) in [6.07, 6.45) is 0. The van der Waals surface area contributed by atoms with Crippen molar-refractivity contribution in [2.45, 2.75) is 6.54 Å². The van der Waals surface area contributed by atoms with Gasteiger partial charge < -0.3 is 16.0 Å². The van der Waals surface area contributed by atoms with E-state index in [0.29, 0.717) is 5.69 Å². The number of guanidine groups is 1. The first kappa shape index (κ1) is 18.3. The minimum atomic E-state index is -0.543. The van der Waals surface area contributed by atoms with Gasteiger partial charge in [-0.2, -0.15) is 0 Å². The summed E-state index contributed by atoms with van der Waals surface area (Å²) in [5, 5.41) is 8.10. The fraction of sp³-hybridized carbons (Fsp3) is 0.176. The standard InChI is InChI=1S/C17H17F3N4O/c1-21-17(22-9-11-8-13(19)4-7-15(11)20)23-10-16(25)24-14-5-2-12(18)3-6-14/h2-8H,9-10H2,1H3,(H,24,25)(H2,21,22,23). The maximum absolute atomic E-state index is 13.6. The Hall–Kier alpha value is -3.03. The summed E-state index contributed by atoms with van der Waals surface area (Å²) in [5.41, 5.74) is 0.594. The van der Waals surface area contributed by atoms with Crippen LogP contribution in [0.4, 0.5) is 18.9 Å². The van der Waals surface area contributed by atoms with Gasteiger partial charge in [-0.05, 0) is 42.5 Å². The minimum absolute atomic E-state index is 0.00283. The molecule has 132 valence electrons. The first-order chi connectivity index (χ1) is 12.0. The largest absolute Gasteiger partial charge is 0.352 e. The molecule has 2 rings (SSSR count). The lowest BCUT2D eigenvalue weighted by Crippen LogP contribution is -2.41. The van der Waals surface area contributed by atoms with Crippen molar-refractivity contribution in [2.24, 2.45) is 4.99 Å². The molecule has 0 saturated heterocycles. The molecule has 0 fully saturated rings. The lowest BCUT2D eigenvalue weighted by atomic mass is 10.2. The molecule has 0 aromatic heterocycles. The van der Waals surface area contributed by atoms with Crippen LogP contribution in [0.25, 0.3) is 0 Å². The van der Waals surface area contributed by atoms with E-state index in [0.717, 1.165) is 18.2 Å². The van der Waals surface area contributed by atoms with Crippen molar-refractivity contribution >= 4 is 17.6 Å². The molecule has 0 bridgehead atoms. The molecule has 0 heterocycles. The molecular weight excluding hydrogens is 333 g/mol. The molecule has 3 N–H and O–H groups in total. The van der Waals surface area contributed by atoms with Gasteiger partial charge in [0.15, 0.2) is 5.96 Å². The molecular formula is C17H17F3N4O. The number of rotatable bonds is 5. The van der Waals surface area contributed by atoms with Crippen LogP contribution in [0.3, 0.4) is 0 Å². The Kier molecular flexibility index (Phi) is 6.39. The zero-order valence-corrected chi connectivity index (χ0v) is 13.4. The highest BCUT2D eigenvalue weighted by Gasteiger charge is 2.07. The van der Waals surface area contributed by atoms with Crippen LogP contribution in [0.1, 0.15) is 5.56 Å². The van der Waals surface area contributed by atoms with Crippen LogP contribution in [0, 0.1) is 17.5 Å². The van der Waals surface area contributed by atoms with Gasteiger partial charge in [-0.15, -0.1) is 0 Å². The third kappa shape index (κ3) is 5.83. The number of nitrogens with one attached hydrogen (secondary N) is 3. The van der Waals surface area contributed by atoms with Gasteiger partial charge in [0.2, 0.25) is 5.91 Å². The average Bonchev–Trinajstić information content (AvgIpc) is 2.60. The molecule has 2 aromatic rings. The van der Waals surface area contributed by atoms with E-state index >= 15 is 0 Å². The average molecular weight is 350 g/mol. The molecule has 0 aliphatic carbocycles. The van der Waals surface area contributed by atoms with E-state index in [1.807, 2.05) is 0 Å². The normalized spacial score (nSPS) is 11.1. The number of anilines is 1. The highest BCUT2D eigenvalue weighted by Crippen LogP contribution is 2.09. The molecule has 0 unspecified atom stereocenters. The molecule has 0 spiro atoms. The first-order valence-corrected chi connectivity index (χ1v) is 7.42. The molecule has 0 radical (unpaired) electrons. The van der Waals surface area contributed by atoms with Gasteiger partial charge in [-0.3, -0.25) is 9.79 Å². The van der Waals surface area contributed by atoms with Crippen molar-refractivity contribution in [3.63, 3.8) is 0 Å². The Morgan fingerprint density at radius 3 is 2.36 bits per heavy atom. The van der Waals surface area contributed by atoms with Crippen LogP contribution in [0.2, 0.25) is 0 Å². The smallest absolute Gasteiger partial charge is 0.243 e. The van der Waals surface area contributed by atoms with E-state index in [9.17, 15) is 18.0 Å². The number of carbonyl (C=O) groups excluding carboxylic acids is 1. The fourth-order valence-electron chi connectivity index (χ4n) is 1.98. The molecule has 5 nitrogen and oxygen atoms in total. The summed E-state index contributed by atoms with van der Waals surface area (Å²) in [5.74, 6) is -1.60. The molecule has 25 heavy (non-hydrogen) atoms. The second-order valence-corrected chi connectivity index (χ2v) is 5.07. The van der Waals surface area contributed by atoms with Gasteiger partial charge in [-0.1, -0.05) is 0 Å². The molecule has 0 aliphatic heterocycles. The van der Waals surface area contributed by atoms with Crippen LogP contribution in [0.15, 0.2) is 47.5 Å². The van der Waals surface area contributed by atoms with E-state index in [4.69, 9.17) is 0 Å². The highest BCUT2D eigenvalue weighted by atomic mass is 19.1. The number of nitrogens with zero attached hydrogens (tertiary/aromatic N) is 1. The van der Waals surface area contributed by atoms with Crippen molar-refractivity contribution in [3.05, 3.63) is 65.5 Å². The van der Waals surface area contributed by atoms with Gasteiger partial charge in [0.1, 0.15) is 17.5 Å². The van der Waals surface area contributed by atoms with Gasteiger partial charge >= 0.3 is 0 Å². The zero-order chi connectivity index (χ0) is 18.2. The maximum atomic E-state index is 13.6. The molecule has 0 atom stereocenters. The second kappa shape index (κ2) is 8.72. The SMILES string of the molecule is CN=C(NCC(=O)Nc1ccc(F)cc1)NCc1cc(F)ccc1F. The molecule has 8 heteroatoms. The third-order valence-electron chi connectivity index (χ3n) is 3.22. The Morgan fingerprint density at radius 2 is 1.68 bits per heavy atom. The Labute approximate surface area is 143 Å². The molecule has 1 amide bonds. The van der Waals surface area contributed by atoms with E-state index in [2.05, 4.69) is 20.9 Å². The monoisotopic (exact) mass is 350 g/mol. The van der Waals surface area contributed by atoms with E-state index < -0.39 is 17.5 Å². The summed E-state index contributed by atoms with van der Waals surface area (Å²) in [6.45, 7) is -0.106. The lowest BCUT2D eigenvalue weighted by Gasteiger charge is -2.12. The number of benzene rings is 2. The van der Waals surface area contributed by atoms with Gasteiger partial charge in [0.05, 0.1) is 6.54 Å². The number of hydrogen-bond donors (Lipinski definition) is 3. The predicted octanol–water partition coefficient (Wildman–Crippen LogP) is 2.41. The van der Waals surface area contributed by atoms with Crippen LogP contribution in [-0.4, -0.2) is 25.5 Å². The van der Waals surface area contributed by atoms with Crippen LogP contribution in [-0.2, 0) is 11.3 Å². The number of halogens is 3. The predicted molar refractivity (Wildman–Crippen MR) is 89.6 cm³/mol. The van der Waals surface area contributed by atoms with Crippen molar-refractivity contribution in [2.75, 3.05) is 18.9 Å². The molecule has 2 aromatic carbocycles. The van der Waals surface area contributed by atoms with E-state index in [1.54, 1.807) is 0 Å². The van der Waals surface area contributed by atoms with Crippen LogP contribution < -0.4 is 16.0 Å². The highest BCUT2D eigenvalue weighted by molar-refractivity contribution is 5.94. The second-order valence-electron chi connectivity index (χ2n) is 5.07. The van der Waals surface area contributed by atoms with Crippen LogP contribution in [0.5, 0.6) is 0 Å². The quantitative estimate of drug-likeness (QED) is 0.573. The van der Waals surface area contributed by atoms with Crippen molar-refractivity contribution in [3.8, 4) is 0 Å². The summed E-state index contributed by atoms with van der Waals surface area (Å²) in [7, 11) is 1.48. The van der Waals surface area contributed by atoms with E-state index in [1.165, 1.54) is 31.3 Å². The minimum Gasteiger partial charge on any atom is -0.352 e. The third-order valence-corrected chi connectivity index (χ3v) is 3.22. The molecule has 0 aliphatic rings. The van der Waals surface area contributed by atoms with Gasteiger partial charge in [0, 0.05) is 24.8 Å². The van der Waals surface area contributed by atoms with Crippen molar-refractivity contribution in [1.29, 1.82) is 0 Å². The Bertz CT molecular complexity index is 763. The number of aliphatic imine (C=N–C) groups is 1. The number of hydrogen-bond acceptors (Lipinski definition) is 2. The van der Waals surface area contributed by atoms with Gasteiger partial charge in [0.25, 0.3) is 0 Å². The Morgan fingerprint density at radius 1 is 1.00 bits per heavy atom. The summed E-state index contributed by atoms with van der Waals surface area (Å²) in [6, 6.07) is 8.50. The summed E-state index contributed by atoms with van der Waals surface area (Å²) in [4.78, 5) is 15.7. The lowest BCUT2D eigenvalue weighted by molar-refractivity contribution is -0.115. The first-order valence-electron chi connectivity index (χ1n) is 7.42. The zero-order valence-electron chi connectivity index (χ0n) is 13.4. The summed E-state index contributed by atoms with van der Waals surface area (Å²) < 4.78 is 39.5. The van der Waals surface area contributed by atoms with E-state index in [-0.39, 0.29) is 30.5 Å². The Balaban J connectivity index is 1.82. The number of amides is 1. The maximum Gasteiger partial charge on any atom is 0.243 e. The fourth-order valence-corrected chi connectivity index (χ4v) is 1.98. The summed E-state index contributed by atoms with van der Waals surface area (Å²) >= 11 is 0. The van der Waals surface area contributed by atoms with Crippen LogP contribution >= 0.6 is 0 Å². The topological polar surface area (TPSA) is 65.5 Å². The van der Waals surface area contributed by atoms with Crippen molar-refractivity contribution < 1.29 is 18.0 Å².